The summed E-state index contributed by atoms with van der Waals surface area (Å²) in [5.41, 5.74) is 4.62. The van der Waals surface area contributed by atoms with Crippen LogP contribution in [0.4, 0.5) is 11.4 Å². The Morgan fingerprint density at radius 3 is 2.45 bits per heavy atom. The first-order valence-corrected chi connectivity index (χ1v) is 15.2. The van der Waals surface area contributed by atoms with Crippen LogP contribution in [0.15, 0.2) is 102 Å². The van der Waals surface area contributed by atoms with E-state index < -0.39 is 16.8 Å². The van der Waals surface area contributed by atoms with Crippen molar-refractivity contribution in [2.45, 2.75) is 6.92 Å². The lowest BCUT2D eigenvalue weighted by Crippen LogP contribution is -2.17. The maximum Gasteiger partial charge on any atom is 0.355 e. The summed E-state index contributed by atoms with van der Waals surface area (Å²) in [6.45, 7) is 2.04. The maximum atomic E-state index is 13.0. The molecule has 0 aliphatic heterocycles. The highest BCUT2D eigenvalue weighted by Gasteiger charge is 2.22. The van der Waals surface area contributed by atoms with Gasteiger partial charge in [-0.05, 0) is 72.7 Å². The van der Waals surface area contributed by atoms with Crippen molar-refractivity contribution in [2.75, 3.05) is 11.9 Å². The number of nitro groups is 1. The van der Waals surface area contributed by atoms with Crippen LogP contribution in [0.1, 0.15) is 38.1 Å². The van der Waals surface area contributed by atoms with E-state index in [2.05, 4.69) is 15.8 Å². The summed E-state index contributed by atoms with van der Waals surface area (Å²) in [5, 5.41) is 18.5. The van der Waals surface area contributed by atoms with E-state index in [4.69, 9.17) is 21.1 Å². The van der Waals surface area contributed by atoms with Crippen LogP contribution in [-0.4, -0.2) is 35.5 Å². The number of carbonyl (C=O) groups is 3. The van der Waals surface area contributed by atoms with E-state index in [-0.39, 0.29) is 39.6 Å². The Morgan fingerprint density at radius 2 is 1.72 bits per heavy atom. The fourth-order valence-electron chi connectivity index (χ4n) is 4.26. The molecule has 4 aromatic carbocycles. The number of fused-ring (bicyclic) bond motifs is 1. The van der Waals surface area contributed by atoms with Crippen LogP contribution in [0.3, 0.4) is 0 Å². The summed E-state index contributed by atoms with van der Waals surface area (Å²) in [5.74, 6) is -1.15. The minimum Gasteiger partial charge on any atom is -0.490 e. The number of nitro benzene ring substituents is 1. The number of hydrazone groups is 1. The van der Waals surface area contributed by atoms with Gasteiger partial charge in [-0.3, -0.25) is 19.7 Å². The second-order valence-corrected chi connectivity index (χ2v) is 11.2. The highest BCUT2D eigenvalue weighted by Crippen LogP contribution is 2.38. The minimum absolute atomic E-state index is 0.0910. The third kappa shape index (κ3) is 8.25. The summed E-state index contributed by atoms with van der Waals surface area (Å²) in [4.78, 5) is 48.5. The molecule has 236 valence electrons. The Bertz CT molecular complexity index is 2030. The number of amides is 2. The van der Waals surface area contributed by atoms with Gasteiger partial charge in [0.05, 0.1) is 22.8 Å². The Morgan fingerprint density at radius 1 is 0.957 bits per heavy atom. The second-order valence-electron chi connectivity index (χ2n) is 9.72. The molecule has 0 fully saturated rings. The van der Waals surface area contributed by atoms with Crippen LogP contribution >= 0.6 is 22.9 Å². The van der Waals surface area contributed by atoms with Crippen LogP contribution in [0.2, 0.25) is 5.02 Å². The highest BCUT2D eigenvalue weighted by atomic mass is 35.5. The lowest BCUT2D eigenvalue weighted by Gasteiger charge is -2.11. The van der Waals surface area contributed by atoms with Crippen molar-refractivity contribution in [1.82, 2.24) is 5.43 Å². The van der Waals surface area contributed by atoms with Crippen LogP contribution in [-0.2, 0) is 4.79 Å². The normalized spacial score (nSPS) is 11.1. The molecule has 5 aromatic rings. The number of thiophene rings is 1. The van der Waals surface area contributed by atoms with Crippen molar-refractivity contribution in [1.29, 1.82) is 0 Å². The molecule has 13 heteroatoms. The average Bonchev–Trinajstić information content (AvgIpc) is 3.41. The molecule has 5 rings (SSSR count). The van der Waals surface area contributed by atoms with Crippen LogP contribution in [0.5, 0.6) is 11.5 Å². The fourth-order valence-corrected chi connectivity index (χ4v) is 5.68. The van der Waals surface area contributed by atoms with Crippen LogP contribution in [0, 0.1) is 10.1 Å². The van der Waals surface area contributed by atoms with E-state index in [0.29, 0.717) is 26.9 Å². The fraction of sp³-hybridized carbons (Fsp3) is 0.0588. The zero-order chi connectivity index (χ0) is 33.3. The number of benzene rings is 4. The molecule has 0 aliphatic carbocycles. The van der Waals surface area contributed by atoms with E-state index in [1.165, 1.54) is 36.6 Å². The van der Waals surface area contributed by atoms with Gasteiger partial charge in [-0.15, -0.1) is 11.3 Å². The summed E-state index contributed by atoms with van der Waals surface area (Å²) in [6.07, 6.45) is 4.53. The van der Waals surface area contributed by atoms with E-state index in [1.807, 2.05) is 30.3 Å². The molecule has 11 nitrogen and oxygen atoms in total. The van der Waals surface area contributed by atoms with Crippen molar-refractivity contribution in [3.63, 3.8) is 0 Å². The molecule has 0 unspecified atom stereocenters. The SMILES string of the molecule is CCOc1cc(/C=N\NC(=O)c2ccc(NC(=O)/C=C/c3ccccc3)cc2)ccc1OC(=O)c1sc2cc([N+](=O)[O-])ccc2c1Cl. The highest BCUT2D eigenvalue weighted by molar-refractivity contribution is 7.21. The van der Waals surface area contributed by atoms with E-state index in [0.717, 1.165) is 16.9 Å². The monoisotopic (exact) mass is 668 g/mol. The molecule has 0 atom stereocenters. The molecule has 0 bridgehead atoms. The smallest absolute Gasteiger partial charge is 0.355 e. The summed E-state index contributed by atoms with van der Waals surface area (Å²) in [6, 6.07) is 24.6. The largest absolute Gasteiger partial charge is 0.490 e. The molecule has 0 radical (unpaired) electrons. The average molecular weight is 669 g/mol. The number of rotatable bonds is 11. The van der Waals surface area contributed by atoms with Crippen molar-refractivity contribution in [3.05, 3.63) is 134 Å². The standard InChI is InChI=1S/C34H25ClN4O7S/c1-2-45-28-18-22(8-16-27(28)46-34(42)32-31(35)26-15-14-25(39(43)44)19-29(26)47-32)20-36-38-33(41)23-10-12-24(13-11-23)37-30(40)17-9-21-6-4-3-5-7-21/h3-20H,2H2,1H3,(H,37,40)(H,38,41)/b17-9+,36-20-. The van der Waals surface area contributed by atoms with Gasteiger partial charge in [0.1, 0.15) is 4.88 Å². The Hall–Kier alpha value is -5.85. The van der Waals surface area contributed by atoms with Gasteiger partial charge in [-0.25, -0.2) is 10.2 Å². The molecular formula is C34H25ClN4O7S. The van der Waals surface area contributed by atoms with E-state index in [1.54, 1.807) is 49.4 Å². The third-order valence-corrected chi connectivity index (χ3v) is 8.14. The molecule has 2 N–H and O–H groups in total. The lowest BCUT2D eigenvalue weighted by molar-refractivity contribution is -0.384. The quantitative estimate of drug-likeness (QED) is 0.0370. The first-order chi connectivity index (χ1) is 22.7. The molecule has 0 aliphatic rings. The van der Waals surface area contributed by atoms with Gasteiger partial charge >= 0.3 is 5.97 Å². The molecule has 2 amide bonds. The zero-order valence-electron chi connectivity index (χ0n) is 24.6. The Balaban J connectivity index is 1.20. The van der Waals surface area contributed by atoms with E-state index >= 15 is 0 Å². The number of nitrogens with zero attached hydrogens (tertiary/aromatic N) is 2. The predicted octanol–water partition coefficient (Wildman–Crippen LogP) is 7.50. The van der Waals surface area contributed by atoms with Gasteiger partial charge in [-0.2, -0.15) is 5.10 Å². The molecule has 1 aromatic heterocycles. The predicted molar refractivity (Wildman–Crippen MR) is 182 cm³/mol. The second kappa shape index (κ2) is 15.0. The number of nitrogens with one attached hydrogen (secondary N) is 2. The maximum absolute atomic E-state index is 13.0. The van der Waals surface area contributed by atoms with Gasteiger partial charge in [0.25, 0.3) is 11.6 Å². The third-order valence-electron chi connectivity index (χ3n) is 6.50. The number of hydrogen-bond donors (Lipinski definition) is 2. The summed E-state index contributed by atoms with van der Waals surface area (Å²) in [7, 11) is 0. The van der Waals surface area contributed by atoms with Gasteiger partial charge in [0.2, 0.25) is 5.91 Å². The Kier molecular flexibility index (Phi) is 10.4. The molecular weight excluding hydrogens is 644 g/mol. The molecule has 1 heterocycles. The van der Waals surface area contributed by atoms with Crippen molar-refractivity contribution in [3.8, 4) is 11.5 Å². The molecule has 0 saturated heterocycles. The Labute approximate surface area is 277 Å². The molecule has 47 heavy (non-hydrogen) atoms. The molecule has 0 saturated carbocycles. The first kappa shape index (κ1) is 32.5. The number of ether oxygens (including phenoxy) is 2. The summed E-state index contributed by atoms with van der Waals surface area (Å²) >= 11 is 7.39. The molecule has 0 spiro atoms. The van der Waals surface area contributed by atoms with E-state index in [9.17, 15) is 24.5 Å². The van der Waals surface area contributed by atoms with Crippen molar-refractivity contribution >= 4 is 74.5 Å². The first-order valence-electron chi connectivity index (χ1n) is 14.0. The number of halogens is 1. The van der Waals surface area contributed by atoms with Crippen LogP contribution < -0.4 is 20.2 Å². The summed E-state index contributed by atoms with van der Waals surface area (Å²) < 4.78 is 11.7. The number of non-ortho nitro benzene ring substituents is 1. The number of carbonyl (C=O) groups excluding carboxylic acids is 3. The minimum atomic E-state index is -0.747. The number of anilines is 1. The van der Waals surface area contributed by atoms with Crippen molar-refractivity contribution < 1.29 is 28.8 Å². The zero-order valence-corrected chi connectivity index (χ0v) is 26.2. The van der Waals surface area contributed by atoms with Gasteiger partial charge < -0.3 is 14.8 Å². The topological polar surface area (TPSA) is 149 Å². The van der Waals surface area contributed by atoms with Gasteiger partial charge in [0.15, 0.2) is 11.5 Å². The van der Waals surface area contributed by atoms with Crippen molar-refractivity contribution in [2.24, 2.45) is 5.10 Å². The lowest BCUT2D eigenvalue weighted by atomic mass is 10.2. The van der Waals surface area contributed by atoms with Gasteiger partial charge in [0, 0.05) is 39.5 Å². The van der Waals surface area contributed by atoms with Crippen LogP contribution in [0.25, 0.3) is 16.2 Å². The number of esters is 1. The van der Waals surface area contributed by atoms with Gasteiger partial charge in [-0.1, -0.05) is 41.9 Å². The number of hydrogen-bond acceptors (Lipinski definition) is 9.